The fourth-order valence-corrected chi connectivity index (χ4v) is 1.52. The number of nitrogens with zero attached hydrogens (tertiary/aromatic N) is 1. The van der Waals surface area contributed by atoms with Crippen molar-refractivity contribution in [2.45, 2.75) is 20.3 Å². The van der Waals surface area contributed by atoms with Gasteiger partial charge < -0.3 is 4.74 Å². The Morgan fingerprint density at radius 1 is 1.53 bits per heavy atom. The van der Waals surface area contributed by atoms with Crippen molar-refractivity contribution in [3.05, 3.63) is 39.9 Å². The van der Waals surface area contributed by atoms with Crippen molar-refractivity contribution in [2.75, 3.05) is 6.61 Å². The average Bonchev–Trinajstić information content (AvgIpc) is 2.29. The van der Waals surface area contributed by atoms with E-state index in [1.54, 1.807) is 26.0 Å². The molecule has 1 rings (SSSR count). The highest BCUT2D eigenvalue weighted by Crippen LogP contribution is 2.16. The van der Waals surface area contributed by atoms with Crippen LogP contribution in [0.4, 0.5) is 5.69 Å². The van der Waals surface area contributed by atoms with Gasteiger partial charge in [-0.2, -0.15) is 0 Å². The highest BCUT2D eigenvalue weighted by Gasteiger charge is 2.15. The molecule has 5 nitrogen and oxygen atoms in total. The molecule has 0 fully saturated rings. The summed E-state index contributed by atoms with van der Waals surface area (Å²) in [5, 5.41) is 10.6. The molecule has 1 aromatic carbocycles. The van der Waals surface area contributed by atoms with Crippen LogP contribution in [-0.2, 0) is 16.0 Å². The minimum Gasteiger partial charge on any atom is -0.466 e. The third kappa shape index (κ3) is 3.86. The Morgan fingerprint density at radius 2 is 2.24 bits per heavy atom. The normalized spacial score (nSPS) is 11.9. The Morgan fingerprint density at radius 3 is 2.82 bits per heavy atom. The van der Waals surface area contributed by atoms with Gasteiger partial charge in [0.15, 0.2) is 0 Å². The topological polar surface area (TPSA) is 69.4 Å². The average molecular weight is 237 g/mol. The molecule has 0 heterocycles. The largest absolute Gasteiger partial charge is 0.466 e. The lowest BCUT2D eigenvalue weighted by atomic mass is 10.0. The summed E-state index contributed by atoms with van der Waals surface area (Å²) in [6.07, 6.45) is 0.445. The first-order valence-corrected chi connectivity index (χ1v) is 5.44. The molecule has 0 bridgehead atoms. The van der Waals surface area contributed by atoms with Gasteiger partial charge in [0.1, 0.15) is 0 Å². The maximum absolute atomic E-state index is 11.4. The standard InChI is InChI=1S/C12H15NO4/c1-3-17-12(14)9(2)7-10-5-4-6-11(8-10)13(15)16/h4-6,8-9H,3,7H2,1-2H3. The summed E-state index contributed by atoms with van der Waals surface area (Å²) in [7, 11) is 0. The van der Waals surface area contributed by atoms with Crippen LogP contribution in [0.5, 0.6) is 0 Å². The number of rotatable bonds is 5. The molecular formula is C12H15NO4. The van der Waals surface area contributed by atoms with Crippen LogP contribution in [0.1, 0.15) is 19.4 Å². The summed E-state index contributed by atoms with van der Waals surface area (Å²) in [5.41, 5.74) is 0.804. The van der Waals surface area contributed by atoms with Crippen LogP contribution in [-0.4, -0.2) is 17.5 Å². The number of nitro benzene ring substituents is 1. The molecular weight excluding hydrogens is 222 g/mol. The fraction of sp³-hybridized carbons (Fsp3) is 0.417. The lowest BCUT2D eigenvalue weighted by Crippen LogP contribution is -2.16. The predicted octanol–water partition coefficient (Wildman–Crippen LogP) is 2.34. The number of hydrogen-bond acceptors (Lipinski definition) is 4. The zero-order valence-electron chi connectivity index (χ0n) is 9.88. The Balaban J connectivity index is 2.71. The number of hydrogen-bond donors (Lipinski definition) is 0. The van der Waals surface area contributed by atoms with Gasteiger partial charge in [-0.05, 0) is 18.9 Å². The second-order valence-electron chi connectivity index (χ2n) is 3.78. The summed E-state index contributed by atoms with van der Waals surface area (Å²) < 4.78 is 4.88. The van der Waals surface area contributed by atoms with Crippen molar-refractivity contribution in [1.82, 2.24) is 0 Å². The van der Waals surface area contributed by atoms with Crippen molar-refractivity contribution in [2.24, 2.45) is 5.92 Å². The monoisotopic (exact) mass is 237 g/mol. The van der Waals surface area contributed by atoms with E-state index in [-0.39, 0.29) is 17.6 Å². The minimum atomic E-state index is -0.446. The smallest absolute Gasteiger partial charge is 0.308 e. The van der Waals surface area contributed by atoms with Gasteiger partial charge in [-0.1, -0.05) is 19.1 Å². The third-order valence-corrected chi connectivity index (χ3v) is 2.35. The van der Waals surface area contributed by atoms with Gasteiger partial charge in [0, 0.05) is 12.1 Å². The van der Waals surface area contributed by atoms with Crippen LogP contribution in [0.25, 0.3) is 0 Å². The Hall–Kier alpha value is -1.91. The summed E-state index contributed by atoms with van der Waals surface area (Å²) in [5.74, 6) is -0.573. The zero-order valence-corrected chi connectivity index (χ0v) is 9.88. The number of carbonyl (C=O) groups excluding carboxylic acids is 1. The lowest BCUT2D eigenvalue weighted by molar-refractivity contribution is -0.384. The van der Waals surface area contributed by atoms with E-state index in [1.165, 1.54) is 12.1 Å². The van der Waals surface area contributed by atoms with Crippen molar-refractivity contribution in [1.29, 1.82) is 0 Å². The summed E-state index contributed by atoms with van der Waals surface area (Å²) in [6.45, 7) is 3.84. The molecule has 5 heteroatoms. The summed E-state index contributed by atoms with van der Waals surface area (Å²) in [4.78, 5) is 21.6. The van der Waals surface area contributed by atoms with Gasteiger partial charge in [0.25, 0.3) is 5.69 Å². The predicted molar refractivity (Wildman–Crippen MR) is 62.6 cm³/mol. The van der Waals surface area contributed by atoms with E-state index >= 15 is 0 Å². The number of benzene rings is 1. The van der Waals surface area contributed by atoms with E-state index < -0.39 is 4.92 Å². The molecule has 0 N–H and O–H groups in total. The third-order valence-electron chi connectivity index (χ3n) is 2.35. The molecule has 0 aromatic heterocycles. The fourth-order valence-electron chi connectivity index (χ4n) is 1.52. The van der Waals surface area contributed by atoms with Crippen molar-refractivity contribution in [3.8, 4) is 0 Å². The van der Waals surface area contributed by atoms with Crippen molar-refractivity contribution >= 4 is 11.7 Å². The molecule has 0 saturated heterocycles. The van der Waals surface area contributed by atoms with E-state index in [0.717, 1.165) is 5.56 Å². The van der Waals surface area contributed by atoms with E-state index in [9.17, 15) is 14.9 Å². The maximum atomic E-state index is 11.4. The van der Waals surface area contributed by atoms with Crippen LogP contribution < -0.4 is 0 Å². The lowest BCUT2D eigenvalue weighted by Gasteiger charge is -2.10. The van der Waals surface area contributed by atoms with Crippen LogP contribution in [0.3, 0.4) is 0 Å². The number of nitro groups is 1. The summed E-state index contributed by atoms with van der Waals surface area (Å²) >= 11 is 0. The van der Waals surface area contributed by atoms with E-state index in [0.29, 0.717) is 13.0 Å². The second kappa shape index (κ2) is 5.98. The van der Waals surface area contributed by atoms with Gasteiger partial charge in [-0.25, -0.2) is 0 Å². The number of ether oxygens (including phenoxy) is 1. The number of non-ortho nitro benzene ring substituents is 1. The first kappa shape index (κ1) is 13.2. The highest BCUT2D eigenvalue weighted by atomic mass is 16.6. The first-order valence-electron chi connectivity index (χ1n) is 5.44. The molecule has 0 aliphatic heterocycles. The molecule has 0 spiro atoms. The van der Waals surface area contributed by atoms with Crippen LogP contribution in [0, 0.1) is 16.0 Å². The van der Waals surface area contributed by atoms with E-state index in [1.807, 2.05) is 0 Å². The van der Waals surface area contributed by atoms with Crippen LogP contribution >= 0.6 is 0 Å². The quantitative estimate of drug-likeness (QED) is 0.447. The van der Waals surface area contributed by atoms with Crippen molar-refractivity contribution in [3.63, 3.8) is 0 Å². The number of carbonyl (C=O) groups is 1. The molecule has 1 atom stereocenters. The van der Waals surface area contributed by atoms with Gasteiger partial charge in [-0.3, -0.25) is 14.9 Å². The zero-order chi connectivity index (χ0) is 12.8. The molecule has 1 aromatic rings. The maximum Gasteiger partial charge on any atom is 0.308 e. The first-order chi connectivity index (χ1) is 8.04. The van der Waals surface area contributed by atoms with Gasteiger partial charge in [0.05, 0.1) is 17.4 Å². The minimum absolute atomic E-state index is 0.0403. The van der Waals surface area contributed by atoms with Crippen LogP contribution in [0.2, 0.25) is 0 Å². The second-order valence-corrected chi connectivity index (χ2v) is 3.78. The Bertz CT molecular complexity index is 417. The van der Waals surface area contributed by atoms with E-state index in [2.05, 4.69) is 0 Å². The Labute approximate surface area is 99.5 Å². The SMILES string of the molecule is CCOC(=O)C(C)Cc1cccc([N+](=O)[O-])c1. The summed E-state index contributed by atoms with van der Waals surface area (Å²) in [6, 6.07) is 6.29. The van der Waals surface area contributed by atoms with Gasteiger partial charge >= 0.3 is 5.97 Å². The van der Waals surface area contributed by atoms with Gasteiger partial charge in [0.2, 0.25) is 0 Å². The van der Waals surface area contributed by atoms with Crippen LogP contribution in [0.15, 0.2) is 24.3 Å². The van der Waals surface area contributed by atoms with Crippen molar-refractivity contribution < 1.29 is 14.5 Å². The molecule has 0 saturated carbocycles. The van der Waals surface area contributed by atoms with E-state index in [4.69, 9.17) is 4.74 Å². The Kier molecular flexibility index (Phi) is 4.63. The molecule has 92 valence electrons. The molecule has 0 radical (unpaired) electrons. The molecule has 17 heavy (non-hydrogen) atoms. The molecule has 1 unspecified atom stereocenters. The number of esters is 1. The highest BCUT2D eigenvalue weighted by molar-refractivity contribution is 5.72. The molecule has 0 amide bonds. The van der Waals surface area contributed by atoms with Gasteiger partial charge in [-0.15, -0.1) is 0 Å². The molecule has 0 aliphatic rings. The molecule has 0 aliphatic carbocycles.